The van der Waals surface area contributed by atoms with Gasteiger partial charge in [-0.25, -0.2) is 8.78 Å². The van der Waals surface area contributed by atoms with Gasteiger partial charge in [0.15, 0.2) is 12.4 Å². The second-order valence-electron chi connectivity index (χ2n) is 4.97. The van der Waals surface area contributed by atoms with Crippen molar-refractivity contribution in [2.45, 2.75) is 13.0 Å². The molecule has 0 aliphatic carbocycles. The van der Waals surface area contributed by atoms with Gasteiger partial charge >= 0.3 is 0 Å². The number of hydrogen-bond donors (Lipinski definition) is 1. The molecule has 9 heteroatoms. The van der Waals surface area contributed by atoms with E-state index in [9.17, 15) is 28.5 Å². The highest BCUT2D eigenvalue weighted by Gasteiger charge is 2.19. The molecule has 0 aromatic heterocycles. The van der Waals surface area contributed by atoms with E-state index < -0.39 is 28.6 Å². The molecule has 0 heterocycles. The van der Waals surface area contributed by atoms with Crippen molar-refractivity contribution in [2.24, 2.45) is 0 Å². The van der Waals surface area contributed by atoms with Gasteiger partial charge in [0.05, 0.1) is 16.2 Å². The first kappa shape index (κ1) is 18.0. The summed E-state index contributed by atoms with van der Waals surface area (Å²) in [5.74, 6) is -2.41. The molecule has 1 amide bonds. The minimum Gasteiger partial charge on any atom is -0.480 e. The Labute approximate surface area is 140 Å². The zero-order valence-electron chi connectivity index (χ0n) is 12.9. The van der Waals surface area contributed by atoms with Crippen LogP contribution in [0.5, 0.6) is 5.75 Å². The van der Waals surface area contributed by atoms with Gasteiger partial charge in [-0.05, 0) is 25.1 Å². The van der Waals surface area contributed by atoms with E-state index in [0.717, 1.165) is 30.3 Å². The number of hydrogen-bond acceptors (Lipinski definition) is 5. The van der Waals surface area contributed by atoms with Crippen molar-refractivity contribution >= 4 is 23.6 Å². The maximum Gasteiger partial charge on any atom is 0.270 e. The molecular formula is C16H12F2N2O5. The topological polar surface area (TPSA) is 98.5 Å². The van der Waals surface area contributed by atoms with Crippen LogP contribution in [-0.4, -0.2) is 23.2 Å². The normalized spacial score (nSPS) is 11.5. The van der Waals surface area contributed by atoms with Crippen molar-refractivity contribution in [3.05, 3.63) is 63.7 Å². The molecule has 2 aromatic carbocycles. The highest BCUT2D eigenvalue weighted by molar-refractivity contribution is 5.94. The molecule has 0 aliphatic heterocycles. The molecule has 2 rings (SSSR count). The van der Waals surface area contributed by atoms with Gasteiger partial charge in [-0.15, -0.1) is 0 Å². The first-order valence-electron chi connectivity index (χ1n) is 6.98. The van der Waals surface area contributed by atoms with E-state index >= 15 is 0 Å². The van der Waals surface area contributed by atoms with Crippen LogP contribution < -0.4 is 10.1 Å². The van der Waals surface area contributed by atoms with Gasteiger partial charge in [0.2, 0.25) is 0 Å². The summed E-state index contributed by atoms with van der Waals surface area (Å²) >= 11 is 0. The Morgan fingerprint density at radius 1 is 1.28 bits per heavy atom. The minimum absolute atomic E-state index is 0.0528. The van der Waals surface area contributed by atoms with Gasteiger partial charge in [0, 0.05) is 18.2 Å². The maximum atomic E-state index is 13.5. The smallest absolute Gasteiger partial charge is 0.270 e. The number of anilines is 1. The molecular weight excluding hydrogens is 338 g/mol. The molecule has 0 spiro atoms. The Bertz CT molecular complexity index is 841. The minimum atomic E-state index is -1.18. The van der Waals surface area contributed by atoms with E-state index in [-0.39, 0.29) is 22.7 Å². The summed E-state index contributed by atoms with van der Waals surface area (Å²) in [6.45, 7) is 1.32. The van der Waals surface area contributed by atoms with Gasteiger partial charge in [-0.1, -0.05) is 0 Å². The number of halogens is 2. The van der Waals surface area contributed by atoms with Crippen LogP contribution in [0, 0.1) is 21.7 Å². The molecule has 130 valence electrons. The van der Waals surface area contributed by atoms with Crippen molar-refractivity contribution in [1.29, 1.82) is 0 Å². The van der Waals surface area contributed by atoms with Gasteiger partial charge in [-0.2, -0.15) is 0 Å². The molecule has 1 N–H and O–H groups in total. The number of nitro benzene ring substituents is 1. The highest BCUT2D eigenvalue weighted by atomic mass is 19.1. The van der Waals surface area contributed by atoms with Crippen molar-refractivity contribution < 1.29 is 28.0 Å². The number of aldehydes is 1. The summed E-state index contributed by atoms with van der Waals surface area (Å²) in [5.41, 5.74) is -0.793. The van der Waals surface area contributed by atoms with Crippen LogP contribution in [0.2, 0.25) is 0 Å². The number of nitrogens with zero attached hydrogens (tertiary/aromatic N) is 1. The molecule has 0 radical (unpaired) electrons. The van der Waals surface area contributed by atoms with Crippen molar-refractivity contribution in [3.63, 3.8) is 0 Å². The van der Waals surface area contributed by atoms with Crippen molar-refractivity contribution in [3.8, 4) is 5.75 Å². The van der Waals surface area contributed by atoms with E-state index in [1.54, 1.807) is 0 Å². The number of benzene rings is 2. The molecule has 2 aromatic rings. The number of ether oxygens (including phenoxy) is 1. The summed E-state index contributed by atoms with van der Waals surface area (Å²) in [4.78, 5) is 33.1. The summed E-state index contributed by atoms with van der Waals surface area (Å²) in [6.07, 6.45) is -0.832. The van der Waals surface area contributed by atoms with Gasteiger partial charge < -0.3 is 10.1 Å². The number of amides is 1. The lowest BCUT2D eigenvalue weighted by Crippen LogP contribution is -2.30. The first-order valence-corrected chi connectivity index (χ1v) is 6.98. The fourth-order valence-corrected chi connectivity index (χ4v) is 1.92. The first-order chi connectivity index (χ1) is 11.8. The second kappa shape index (κ2) is 7.47. The monoisotopic (exact) mass is 350 g/mol. The predicted molar refractivity (Wildman–Crippen MR) is 83.6 cm³/mol. The van der Waals surface area contributed by atoms with Crippen LogP contribution in [-0.2, 0) is 4.79 Å². The fraction of sp³-hybridized carbons (Fsp3) is 0.125. The van der Waals surface area contributed by atoms with E-state index in [1.165, 1.54) is 13.0 Å². The SMILES string of the molecule is C[C@H](Oc1ccc([N+](=O)[O-])cc1C=O)C(=O)Nc1cc(F)ccc1F. The highest BCUT2D eigenvalue weighted by Crippen LogP contribution is 2.24. The number of non-ortho nitro benzene ring substituents is 1. The third-order valence-electron chi connectivity index (χ3n) is 3.19. The molecule has 7 nitrogen and oxygen atoms in total. The maximum absolute atomic E-state index is 13.5. The van der Waals surface area contributed by atoms with Crippen LogP contribution >= 0.6 is 0 Å². The molecule has 0 aliphatic rings. The number of carbonyl (C=O) groups excluding carboxylic acids is 2. The van der Waals surface area contributed by atoms with Crippen LogP contribution in [0.1, 0.15) is 17.3 Å². The Morgan fingerprint density at radius 2 is 2.00 bits per heavy atom. The van der Waals surface area contributed by atoms with Crippen LogP contribution in [0.4, 0.5) is 20.2 Å². The van der Waals surface area contributed by atoms with Crippen LogP contribution in [0.3, 0.4) is 0 Å². The zero-order valence-corrected chi connectivity index (χ0v) is 12.9. The largest absolute Gasteiger partial charge is 0.480 e. The lowest BCUT2D eigenvalue weighted by Gasteiger charge is -2.16. The summed E-state index contributed by atoms with van der Waals surface area (Å²) in [5, 5.41) is 12.9. The van der Waals surface area contributed by atoms with Crippen molar-refractivity contribution in [2.75, 3.05) is 5.32 Å². The van der Waals surface area contributed by atoms with Gasteiger partial charge in [-0.3, -0.25) is 19.7 Å². The number of carbonyl (C=O) groups is 2. The zero-order chi connectivity index (χ0) is 18.6. The molecule has 0 unspecified atom stereocenters. The Kier molecular flexibility index (Phi) is 5.38. The molecule has 0 saturated carbocycles. The number of nitro groups is 1. The van der Waals surface area contributed by atoms with Gasteiger partial charge in [0.25, 0.3) is 11.6 Å². The number of nitrogens with one attached hydrogen (secondary N) is 1. The van der Waals surface area contributed by atoms with E-state index in [2.05, 4.69) is 5.32 Å². The van der Waals surface area contributed by atoms with Gasteiger partial charge in [0.1, 0.15) is 17.4 Å². The average Bonchev–Trinajstić information content (AvgIpc) is 2.58. The van der Waals surface area contributed by atoms with E-state index in [4.69, 9.17) is 4.74 Å². The lowest BCUT2D eigenvalue weighted by molar-refractivity contribution is -0.384. The number of rotatable bonds is 6. The Morgan fingerprint density at radius 3 is 2.64 bits per heavy atom. The fourth-order valence-electron chi connectivity index (χ4n) is 1.92. The summed E-state index contributed by atoms with van der Waals surface area (Å²) < 4.78 is 31.9. The third-order valence-corrected chi connectivity index (χ3v) is 3.19. The molecule has 25 heavy (non-hydrogen) atoms. The Hall–Kier alpha value is -3.36. The second-order valence-corrected chi connectivity index (χ2v) is 4.97. The average molecular weight is 350 g/mol. The Balaban J connectivity index is 2.14. The lowest BCUT2D eigenvalue weighted by atomic mass is 10.2. The van der Waals surface area contributed by atoms with Crippen LogP contribution in [0.15, 0.2) is 36.4 Å². The van der Waals surface area contributed by atoms with E-state index in [1.807, 2.05) is 0 Å². The molecule has 0 fully saturated rings. The standard InChI is InChI=1S/C16H12F2N2O5/c1-9(16(22)19-14-7-11(17)2-4-13(14)18)25-15-5-3-12(20(23)24)6-10(15)8-21/h2-9H,1H3,(H,19,22)/t9-/m0/s1. The molecule has 0 bridgehead atoms. The van der Waals surface area contributed by atoms with Crippen molar-refractivity contribution in [1.82, 2.24) is 0 Å². The quantitative estimate of drug-likeness (QED) is 0.490. The predicted octanol–water partition coefficient (Wildman–Crippen LogP) is 3.09. The van der Waals surface area contributed by atoms with E-state index in [0.29, 0.717) is 6.29 Å². The summed E-state index contributed by atoms with van der Waals surface area (Å²) in [7, 11) is 0. The summed E-state index contributed by atoms with van der Waals surface area (Å²) in [6, 6.07) is 5.85. The van der Waals surface area contributed by atoms with Crippen LogP contribution in [0.25, 0.3) is 0 Å². The molecule has 0 saturated heterocycles. The third kappa shape index (κ3) is 4.34. The molecule has 1 atom stereocenters.